The second-order valence-corrected chi connectivity index (χ2v) is 11.3. The molecular formula is C34H38F6. The van der Waals surface area contributed by atoms with Crippen molar-refractivity contribution in [3.8, 4) is 22.3 Å². The van der Waals surface area contributed by atoms with Crippen molar-refractivity contribution in [3.63, 3.8) is 0 Å². The van der Waals surface area contributed by atoms with Crippen molar-refractivity contribution >= 4 is 0 Å². The number of unbranched alkanes of at least 4 members (excludes halogenated alkanes) is 6. The summed E-state index contributed by atoms with van der Waals surface area (Å²) in [7, 11) is 0. The van der Waals surface area contributed by atoms with Gasteiger partial charge in [0.15, 0.2) is 0 Å². The SMILES string of the molecule is CCCCCCC1(CCCCCC)c2cc(C)ccc2-c2ccc(-c3cc(C(F)(F)F)cc(C(F)(F)F)c3)cc21. The van der Waals surface area contributed by atoms with E-state index in [-0.39, 0.29) is 17.0 Å². The molecule has 0 aliphatic heterocycles. The van der Waals surface area contributed by atoms with Gasteiger partial charge in [-0.25, -0.2) is 0 Å². The molecular weight excluding hydrogens is 522 g/mol. The fourth-order valence-electron chi connectivity index (χ4n) is 6.28. The number of alkyl halides is 6. The standard InChI is InChI=1S/C34H38F6/c1-4-6-8-10-16-32(17-11-9-7-5-2)30-18-23(3)12-14-28(30)29-15-13-24(21-31(29)32)25-19-26(33(35,36)37)22-27(20-25)34(38,39)40/h12-15,18-22H,4-11,16-17H2,1-3H3. The topological polar surface area (TPSA) is 0 Å². The molecule has 216 valence electrons. The molecule has 1 aliphatic carbocycles. The van der Waals surface area contributed by atoms with E-state index in [0.717, 1.165) is 98.6 Å². The minimum atomic E-state index is -4.89. The number of hydrogen-bond donors (Lipinski definition) is 0. The van der Waals surface area contributed by atoms with E-state index in [9.17, 15) is 26.3 Å². The number of hydrogen-bond acceptors (Lipinski definition) is 0. The largest absolute Gasteiger partial charge is 0.416 e. The molecule has 3 aromatic carbocycles. The van der Waals surface area contributed by atoms with Gasteiger partial charge in [0.2, 0.25) is 0 Å². The average molecular weight is 561 g/mol. The molecule has 40 heavy (non-hydrogen) atoms. The van der Waals surface area contributed by atoms with Crippen LogP contribution in [0.2, 0.25) is 0 Å². The van der Waals surface area contributed by atoms with Gasteiger partial charge < -0.3 is 0 Å². The van der Waals surface area contributed by atoms with Crippen LogP contribution in [0, 0.1) is 6.92 Å². The Bertz CT molecular complexity index is 1270. The lowest BCUT2D eigenvalue weighted by molar-refractivity contribution is -0.143. The highest BCUT2D eigenvalue weighted by atomic mass is 19.4. The maximum Gasteiger partial charge on any atom is 0.416 e. The molecule has 0 spiro atoms. The zero-order chi connectivity index (χ0) is 29.1. The highest BCUT2D eigenvalue weighted by Crippen LogP contribution is 2.55. The molecule has 6 heteroatoms. The zero-order valence-electron chi connectivity index (χ0n) is 23.5. The van der Waals surface area contributed by atoms with Gasteiger partial charge in [-0.05, 0) is 77.4 Å². The summed E-state index contributed by atoms with van der Waals surface area (Å²) in [5.41, 5.74) is 3.00. The first-order chi connectivity index (χ1) is 18.9. The summed E-state index contributed by atoms with van der Waals surface area (Å²) < 4.78 is 81.9. The summed E-state index contributed by atoms with van der Waals surface area (Å²) in [5, 5.41) is 0. The van der Waals surface area contributed by atoms with Gasteiger partial charge in [0.05, 0.1) is 11.1 Å². The Morgan fingerprint density at radius 3 is 1.55 bits per heavy atom. The Morgan fingerprint density at radius 1 is 0.550 bits per heavy atom. The number of halogens is 6. The number of rotatable bonds is 11. The lowest BCUT2D eigenvalue weighted by Gasteiger charge is -2.33. The minimum absolute atomic E-state index is 0.0667. The van der Waals surface area contributed by atoms with Crippen molar-refractivity contribution in [2.45, 2.75) is 103 Å². The van der Waals surface area contributed by atoms with Crippen LogP contribution in [0.1, 0.15) is 106 Å². The van der Waals surface area contributed by atoms with Crippen molar-refractivity contribution in [3.05, 3.63) is 82.4 Å². The molecule has 0 saturated heterocycles. The van der Waals surface area contributed by atoms with Gasteiger partial charge in [-0.1, -0.05) is 101 Å². The molecule has 0 amide bonds. The van der Waals surface area contributed by atoms with Crippen LogP contribution < -0.4 is 0 Å². The van der Waals surface area contributed by atoms with Crippen LogP contribution in [0.25, 0.3) is 22.3 Å². The van der Waals surface area contributed by atoms with Gasteiger partial charge in [-0.15, -0.1) is 0 Å². The van der Waals surface area contributed by atoms with E-state index in [1.807, 2.05) is 12.1 Å². The highest BCUT2D eigenvalue weighted by Gasteiger charge is 2.43. The summed E-state index contributed by atoms with van der Waals surface area (Å²) in [6.45, 7) is 6.40. The summed E-state index contributed by atoms with van der Waals surface area (Å²) >= 11 is 0. The first kappa shape index (κ1) is 30.2. The van der Waals surface area contributed by atoms with Crippen LogP contribution in [-0.2, 0) is 17.8 Å². The van der Waals surface area contributed by atoms with E-state index in [1.165, 1.54) is 5.56 Å². The molecule has 0 heterocycles. The molecule has 0 atom stereocenters. The molecule has 0 fully saturated rings. The van der Waals surface area contributed by atoms with E-state index in [2.05, 4.69) is 39.0 Å². The molecule has 0 saturated carbocycles. The lowest BCUT2D eigenvalue weighted by Crippen LogP contribution is -2.25. The first-order valence-electron chi connectivity index (χ1n) is 14.5. The molecule has 0 bridgehead atoms. The lowest BCUT2D eigenvalue weighted by atomic mass is 9.70. The molecule has 3 aromatic rings. The van der Waals surface area contributed by atoms with E-state index < -0.39 is 23.5 Å². The smallest absolute Gasteiger partial charge is 0.166 e. The Morgan fingerprint density at radius 2 is 1.05 bits per heavy atom. The summed E-state index contributed by atoms with van der Waals surface area (Å²) in [4.78, 5) is 0. The fourth-order valence-corrected chi connectivity index (χ4v) is 6.28. The number of benzene rings is 3. The normalized spacial score (nSPS) is 14.3. The van der Waals surface area contributed by atoms with Crippen LogP contribution >= 0.6 is 0 Å². The summed E-state index contributed by atoms with van der Waals surface area (Å²) in [6.07, 6.45) is 0.719. The maximum atomic E-state index is 13.6. The molecule has 0 unspecified atom stereocenters. The Labute approximate surface area is 233 Å². The van der Waals surface area contributed by atoms with Gasteiger partial charge in [0, 0.05) is 5.41 Å². The van der Waals surface area contributed by atoms with Crippen LogP contribution in [-0.4, -0.2) is 0 Å². The van der Waals surface area contributed by atoms with Gasteiger partial charge in [-0.2, -0.15) is 26.3 Å². The predicted molar refractivity (Wildman–Crippen MR) is 150 cm³/mol. The van der Waals surface area contributed by atoms with E-state index in [0.29, 0.717) is 5.56 Å². The Balaban J connectivity index is 1.89. The van der Waals surface area contributed by atoms with Crippen molar-refractivity contribution in [2.75, 3.05) is 0 Å². The summed E-state index contributed by atoms with van der Waals surface area (Å²) in [6, 6.07) is 13.7. The Hall–Kier alpha value is -2.76. The third kappa shape index (κ3) is 6.26. The van der Waals surface area contributed by atoms with Crippen LogP contribution in [0.3, 0.4) is 0 Å². The summed E-state index contributed by atoms with van der Waals surface area (Å²) in [5.74, 6) is 0. The van der Waals surface area contributed by atoms with E-state index >= 15 is 0 Å². The maximum absolute atomic E-state index is 13.6. The van der Waals surface area contributed by atoms with Crippen molar-refractivity contribution < 1.29 is 26.3 Å². The van der Waals surface area contributed by atoms with Crippen LogP contribution in [0.4, 0.5) is 26.3 Å². The molecule has 0 N–H and O–H groups in total. The van der Waals surface area contributed by atoms with Crippen molar-refractivity contribution in [1.82, 2.24) is 0 Å². The van der Waals surface area contributed by atoms with Crippen LogP contribution in [0.5, 0.6) is 0 Å². The second-order valence-electron chi connectivity index (χ2n) is 11.3. The fraction of sp³-hybridized carbons (Fsp3) is 0.471. The number of aryl methyl sites for hydroxylation is 1. The van der Waals surface area contributed by atoms with Gasteiger partial charge in [0.1, 0.15) is 0 Å². The molecule has 0 aromatic heterocycles. The Kier molecular flexibility index (Phi) is 9.06. The van der Waals surface area contributed by atoms with E-state index in [4.69, 9.17) is 0 Å². The third-order valence-electron chi connectivity index (χ3n) is 8.35. The molecule has 0 nitrogen and oxygen atoms in total. The zero-order valence-corrected chi connectivity index (χ0v) is 23.5. The first-order valence-corrected chi connectivity index (χ1v) is 14.5. The third-order valence-corrected chi connectivity index (χ3v) is 8.35. The monoisotopic (exact) mass is 560 g/mol. The number of fused-ring (bicyclic) bond motifs is 3. The van der Waals surface area contributed by atoms with Gasteiger partial charge in [0.25, 0.3) is 0 Å². The van der Waals surface area contributed by atoms with E-state index in [1.54, 1.807) is 6.07 Å². The van der Waals surface area contributed by atoms with Crippen molar-refractivity contribution in [2.24, 2.45) is 0 Å². The molecule has 1 aliphatic rings. The highest BCUT2D eigenvalue weighted by molar-refractivity contribution is 5.84. The predicted octanol–water partition coefficient (Wildman–Crippen LogP) is 11.9. The minimum Gasteiger partial charge on any atom is -0.166 e. The van der Waals surface area contributed by atoms with Crippen molar-refractivity contribution in [1.29, 1.82) is 0 Å². The second kappa shape index (κ2) is 12.0. The average Bonchev–Trinajstić information content (AvgIpc) is 3.16. The molecule has 4 rings (SSSR count). The van der Waals surface area contributed by atoms with Crippen LogP contribution in [0.15, 0.2) is 54.6 Å². The van der Waals surface area contributed by atoms with Gasteiger partial charge >= 0.3 is 12.4 Å². The quantitative estimate of drug-likeness (QED) is 0.162. The van der Waals surface area contributed by atoms with Gasteiger partial charge in [-0.3, -0.25) is 0 Å². The molecule has 0 radical (unpaired) electrons.